The van der Waals surface area contributed by atoms with Crippen molar-refractivity contribution in [3.05, 3.63) is 62.5 Å². The van der Waals surface area contributed by atoms with Gasteiger partial charge < -0.3 is 5.11 Å². The van der Waals surface area contributed by atoms with Gasteiger partial charge in [0.25, 0.3) is 0 Å². The van der Waals surface area contributed by atoms with Crippen LogP contribution < -0.4 is 5.48 Å². The average Bonchev–Trinajstić information content (AvgIpc) is 2.95. The maximum Gasteiger partial charge on any atom is 0.202 e. The Hall–Kier alpha value is -1.37. The van der Waals surface area contributed by atoms with E-state index in [1.54, 1.807) is 12.1 Å². The van der Waals surface area contributed by atoms with Gasteiger partial charge in [-0.25, -0.2) is 15.3 Å². The summed E-state index contributed by atoms with van der Waals surface area (Å²) in [6, 6.07) is 13.3. The van der Waals surface area contributed by atoms with Crippen LogP contribution in [0.1, 0.15) is 17.4 Å². The van der Waals surface area contributed by atoms with E-state index in [9.17, 15) is 5.11 Å². The number of nitrogens with one attached hydrogen (secondary N) is 1. The third-order valence-corrected chi connectivity index (χ3v) is 4.09. The number of aliphatic imine (C=N–C) groups is 1. The van der Waals surface area contributed by atoms with Crippen LogP contribution >= 0.6 is 31.9 Å². The zero-order valence-corrected chi connectivity index (χ0v) is 13.3. The van der Waals surface area contributed by atoms with Crippen LogP contribution in [0.4, 0.5) is 0 Å². The Morgan fingerprint density at radius 2 is 1.75 bits per heavy atom. The number of hydrogen-bond donors (Lipinski definition) is 2. The highest BCUT2D eigenvalue weighted by Crippen LogP contribution is 2.36. The smallest absolute Gasteiger partial charge is 0.202 e. The molecule has 0 spiro atoms. The van der Waals surface area contributed by atoms with Gasteiger partial charge in [0.15, 0.2) is 5.84 Å². The fraction of sp³-hybridized carbons (Fsp3) is 0.0714. The van der Waals surface area contributed by atoms with Crippen LogP contribution in [0.3, 0.4) is 0 Å². The molecule has 4 nitrogen and oxygen atoms in total. The van der Waals surface area contributed by atoms with Crippen LogP contribution in [0.5, 0.6) is 5.75 Å². The van der Waals surface area contributed by atoms with Gasteiger partial charge in [-0.3, -0.25) is 0 Å². The van der Waals surface area contributed by atoms with Crippen LogP contribution in [0.2, 0.25) is 0 Å². The van der Waals surface area contributed by atoms with E-state index in [-0.39, 0.29) is 5.75 Å². The predicted molar refractivity (Wildman–Crippen MR) is 83.4 cm³/mol. The number of hydrogen-bond acceptors (Lipinski definition) is 4. The normalized spacial score (nSPS) is 17.7. The van der Waals surface area contributed by atoms with Gasteiger partial charge in [0.1, 0.15) is 5.75 Å². The second-order valence-electron chi connectivity index (χ2n) is 4.25. The highest BCUT2D eigenvalue weighted by atomic mass is 79.9. The summed E-state index contributed by atoms with van der Waals surface area (Å²) >= 11 is 6.60. The van der Waals surface area contributed by atoms with Crippen molar-refractivity contribution in [2.75, 3.05) is 0 Å². The molecule has 102 valence electrons. The summed E-state index contributed by atoms with van der Waals surface area (Å²) in [6.45, 7) is 0. The van der Waals surface area contributed by atoms with Gasteiger partial charge in [0, 0.05) is 11.1 Å². The van der Waals surface area contributed by atoms with Crippen LogP contribution in [-0.2, 0) is 4.84 Å². The Kier molecular flexibility index (Phi) is 3.78. The second-order valence-corrected chi connectivity index (χ2v) is 5.96. The van der Waals surface area contributed by atoms with Crippen LogP contribution in [-0.4, -0.2) is 10.9 Å². The number of halogens is 2. The van der Waals surface area contributed by atoms with Crippen molar-refractivity contribution in [2.45, 2.75) is 6.23 Å². The molecular formula is C14H10Br2N2O2. The van der Waals surface area contributed by atoms with Gasteiger partial charge in [-0.05, 0) is 44.0 Å². The molecule has 0 fully saturated rings. The molecule has 1 heterocycles. The van der Waals surface area contributed by atoms with Gasteiger partial charge in [-0.1, -0.05) is 30.3 Å². The Labute approximate surface area is 132 Å². The third-order valence-electron chi connectivity index (χ3n) is 2.89. The first-order valence-electron chi connectivity index (χ1n) is 5.88. The highest BCUT2D eigenvalue weighted by Gasteiger charge is 2.22. The van der Waals surface area contributed by atoms with Crippen molar-refractivity contribution < 1.29 is 9.94 Å². The number of phenols is 1. The Balaban J connectivity index is 1.92. The van der Waals surface area contributed by atoms with E-state index in [0.29, 0.717) is 14.8 Å². The number of phenolic OH excluding ortho intramolecular Hbond substituents is 1. The van der Waals surface area contributed by atoms with Crippen molar-refractivity contribution in [3.8, 4) is 5.75 Å². The molecule has 2 aromatic rings. The minimum absolute atomic E-state index is 0.159. The molecule has 0 bridgehead atoms. The molecule has 1 aliphatic heterocycles. The fourth-order valence-corrected chi connectivity index (χ4v) is 3.10. The van der Waals surface area contributed by atoms with E-state index in [2.05, 4.69) is 42.3 Å². The molecule has 0 unspecified atom stereocenters. The van der Waals surface area contributed by atoms with Crippen LogP contribution in [0.25, 0.3) is 0 Å². The third kappa shape index (κ3) is 2.59. The molecule has 1 aliphatic rings. The molecule has 3 rings (SSSR count). The first-order chi connectivity index (χ1) is 9.65. The first kappa shape index (κ1) is 13.6. The van der Waals surface area contributed by atoms with E-state index in [1.807, 2.05) is 30.3 Å². The van der Waals surface area contributed by atoms with E-state index in [1.165, 1.54) is 0 Å². The lowest BCUT2D eigenvalue weighted by Crippen LogP contribution is -2.17. The highest BCUT2D eigenvalue weighted by molar-refractivity contribution is 9.11. The summed E-state index contributed by atoms with van der Waals surface area (Å²) < 4.78 is 1.18. The molecule has 2 aromatic carbocycles. The largest absolute Gasteiger partial charge is 0.506 e. The quantitative estimate of drug-likeness (QED) is 0.807. The molecule has 20 heavy (non-hydrogen) atoms. The van der Waals surface area contributed by atoms with Gasteiger partial charge >= 0.3 is 0 Å². The number of nitrogens with zero attached hydrogens (tertiary/aromatic N) is 1. The van der Waals surface area contributed by atoms with Gasteiger partial charge in [0.05, 0.1) is 8.95 Å². The second kappa shape index (κ2) is 5.55. The van der Waals surface area contributed by atoms with Crippen molar-refractivity contribution in [3.63, 3.8) is 0 Å². The van der Waals surface area contributed by atoms with Gasteiger partial charge in [0.2, 0.25) is 6.23 Å². The monoisotopic (exact) mass is 396 g/mol. The Morgan fingerprint density at radius 3 is 2.40 bits per heavy atom. The van der Waals surface area contributed by atoms with Crippen molar-refractivity contribution in [2.24, 2.45) is 4.99 Å². The summed E-state index contributed by atoms with van der Waals surface area (Å²) in [7, 11) is 0. The van der Waals surface area contributed by atoms with Crippen molar-refractivity contribution >= 4 is 37.7 Å². The number of rotatable bonds is 2. The first-order valence-corrected chi connectivity index (χ1v) is 7.46. The average molecular weight is 398 g/mol. The number of benzene rings is 2. The lowest BCUT2D eigenvalue weighted by atomic mass is 10.2. The summed E-state index contributed by atoms with van der Waals surface area (Å²) in [5, 5.41) is 9.72. The molecule has 0 saturated heterocycles. The number of amidine groups is 1. The summed E-state index contributed by atoms with van der Waals surface area (Å²) in [6.07, 6.45) is -0.446. The maximum absolute atomic E-state index is 9.72. The minimum Gasteiger partial charge on any atom is -0.506 e. The zero-order chi connectivity index (χ0) is 14.1. The molecule has 1 atom stereocenters. The molecule has 2 N–H and O–H groups in total. The van der Waals surface area contributed by atoms with Crippen molar-refractivity contribution in [1.29, 1.82) is 0 Å². The van der Waals surface area contributed by atoms with E-state index in [0.717, 1.165) is 11.1 Å². The summed E-state index contributed by atoms with van der Waals surface area (Å²) in [5.74, 6) is 0.850. The number of hydroxylamine groups is 1. The molecule has 0 aliphatic carbocycles. The van der Waals surface area contributed by atoms with Gasteiger partial charge in [-0.2, -0.15) is 0 Å². The molecular weight excluding hydrogens is 388 g/mol. The van der Waals surface area contributed by atoms with Gasteiger partial charge in [-0.15, -0.1) is 0 Å². The molecule has 0 saturated carbocycles. The SMILES string of the molecule is Oc1c(Br)cc([C@@H]2N=C(c3ccccc3)NO2)cc1Br. The van der Waals surface area contributed by atoms with E-state index in [4.69, 9.17) is 4.84 Å². The maximum atomic E-state index is 9.72. The minimum atomic E-state index is -0.446. The van der Waals surface area contributed by atoms with E-state index >= 15 is 0 Å². The molecule has 6 heteroatoms. The van der Waals surface area contributed by atoms with Crippen LogP contribution in [0.15, 0.2) is 56.4 Å². The van der Waals surface area contributed by atoms with Crippen molar-refractivity contribution in [1.82, 2.24) is 5.48 Å². The molecule has 0 aromatic heterocycles. The van der Waals surface area contributed by atoms with Crippen LogP contribution in [0, 0.1) is 0 Å². The summed E-state index contributed by atoms with van der Waals surface area (Å²) in [5.41, 5.74) is 4.63. The molecule has 0 radical (unpaired) electrons. The zero-order valence-electron chi connectivity index (χ0n) is 10.2. The predicted octanol–water partition coefficient (Wildman–Crippen LogP) is 3.90. The topological polar surface area (TPSA) is 53.9 Å². The fourth-order valence-electron chi connectivity index (χ4n) is 1.88. The standard InChI is InChI=1S/C14H10Br2N2O2/c15-10-6-9(7-11(16)12(10)19)14-17-13(18-20-14)8-4-2-1-3-5-8/h1-7,14,19H,(H,17,18)/t14-/m1/s1. The number of aromatic hydroxyl groups is 1. The lowest BCUT2D eigenvalue weighted by molar-refractivity contribution is 0.0376. The van der Waals surface area contributed by atoms with E-state index < -0.39 is 6.23 Å². The lowest BCUT2D eigenvalue weighted by Gasteiger charge is -2.09. The Morgan fingerprint density at radius 1 is 1.10 bits per heavy atom. The summed E-state index contributed by atoms with van der Waals surface area (Å²) in [4.78, 5) is 9.98. The Bertz CT molecular complexity index is 651. The molecule has 0 amide bonds.